The summed E-state index contributed by atoms with van der Waals surface area (Å²) >= 11 is 0. The van der Waals surface area contributed by atoms with Crippen LogP contribution in [-0.2, 0) is 4.79 Å². The summed E-state index contributed by atoms with van der Waals surface area (Å²) in [6.07, 6.45) is 2.21. The van der Waals surface area contributed by atoms with E-state index < -0.39 is 0 Å². The second-order valence-corrected chi connectivity index (χ2v) is 4.86. The van der Waals surface area contributed by atoms with Gasteiger partial charge in [0.2, 0.25) is 0 Å². The summed E-state index contributed by atoms with van der Waals surface area (Å²) in [6, 6.07) is 4.54. The van der Waals surface area contributed by atoms with Gasteiger partial charge in [0.25, 0.3) is 5.91 Å². The van der Waals surface area contributed by atoms with Gasteiger partial charge in [-0.15, -0.1) is 0 Å². The van der Waals surface area contributed by atoms with Gasteiger partial charge in [-0.2, -0.15) is 0 Å². The monoisotopic (exact) mass is 233 g/mol. The summed E-state index contributed by atoms with van der Waals surface area (Å²) in [5.74, 6) is 0.813. The quantitative estimate of drug-likeness (QED) is 0.866. The zero-order chi connectivity index (χ0) is 12.4. The van der Waals surface area contributed by atoms with Crippen LogP contribution in [0, 0.1) is 20.8 Å². The third-order valence-corrected chi connectivity index (χ3v) is 2.89. The van der Waals surface area contributed by atoms with Gasteiger partial charge in [0.05, 0.1) is 0 Å². The summed E-state index contributed by atoms with van der Waals surface area (Å²) in [4.78, 5) is 11.5. The molecule has 1 aliphatic rings. The van der Waals surface area contributed by atoms with Gasteiger partial charge in [-0.05, 0) is 44.7 Å². The Labute approximate surface area is 102 Å². The van der Waals surface area contributed by atoms with Crippen LogP contribution < -0.4 is 10.1 Å². The fourth-order valence-corrected chi connectivity index (χ4v) is 2.03. The Morgan fingerprint density at radius 3 is 2.41 bits per heavy atom. The van der Waals surface area contributed by atoms with E-state index in [4.69, 9.17) is 4.74 Å². The number of ether oxygens (including phenoxy) is 1. The van der Waals surface area contributed by atoms with Gasteiger partial charge in [-0.1, -0.05) is 17.7 Å². The van der Waals surface area contributed by atoms with Crippen LogP contribution in [0.15, 0.2) is 12.1 Å². The van der Waals surface area contributed by atoms with E-state index >= 15 is 0 Å². The van der Waals surface area contributed by atoms with Crippen molar-refractivity contribution in [2.24, 2.45) is 0 Å². The van der Waals surface area contributed by atoms with Crippen molar-refractivity contribution in [2.75, 3.05) is 6.61 Å². The smallest absolute Gasteiger partial charge is 0.258 e. The normalized spacial score (nSPS) is 14.5. The third-order valence-electron chi connectivity index (χ3n) is 2.89. The average Bonchev–Trinajstić information content (AvgIpc) is 2.99. The van der Waals surface area contributed by atoms with E-state index in [1.165, 1.54) is 5.56 Å². The highest BCUT2D eigenvalue weighted by Crippen LogP contribution is 2.24. The molecule has 1 fully saturated rings. The van der Waals surface area contributed by atoms with Crippen molar-refractivity contribution >= 4 is 5.91 Å². The van der Waals surface area contributed by atoms with Crippen molar-refractivity contribution in [3.8, 4) is 5.75 Å². The maximum atomic E-state index is 11.5. The fourth-order valence-electron chi connectivity index (χ4n) is 2.03. The highest BCUT2D eigenvalue weighted by Gasteiger charge is 2.23. The molecule has 0 bridgehead atoms. The second-order valence-electron chi connectivity index (χ2n) is 4.86. The molecule has 2 rings (SSSR count). The van der Waals surface area contributed by atoms with E-state index in [2.05, 4.69) is 24.4 Å². The molecule has 1 saturated carbocycles. The Balaban J connectivity index is 1.95. The summed E-state index contributed by atoms with van der Waals surface area (Å²) < 4.78 is 5.60. The first-order valence-corrected chi connectivity index (χ1v) is 6.06. The molecule has 3 nitrogen and oxygen atoms in total. The molecule has 0 aliphatic heterocycles. The molecule has 1 aliphatic carbocycles. The molecule has 17 heavy (non-hydrogen) atoms. The molecule has 0 atom stereocenters. The van der Waals surface area contributed by atoms with Crippen LogP contribution in [0.3, 0.4) is 0 Å². The summed E-state index contributed by atoms with van der Waals surface area (Å²) in [5, 5.41) is 2.91. The van der Waals surface area contributed by atoms with Gasteiger partial charge >= 0.3 is 0 Å². The lowest BCUT2D eigenvalue weighted by atomic mass is 10.1. The average molecular weight is 233 g/mol. The zero-order valence-corrected chi connectivity index (χ0v) is 10.7. The van der Waals surface area contributed by atoms with E-state index in [1.54, 1.807) is 0 Å². The van der Waals surface area contributed by atoms with Gasteiger partial charge in [0.1, 0.15) is 5.75 Å². The topological polar surface area (TPSA) is 38.3 Å². The Kier molecular flexibility index (Phi) is 3.36. The van der Waals surface area contributed by atoms with Crippen molar-refractivity contribution in [2.45, 2.75) is 39.7 Å². The summed E-state index contributed by atoms with van der Waals surface area (Å²) in [6.45, 7) is 6.19. The van der Waals surface area contributed by atoms with Crippen molar-refractivity contribution in [1.29, 1.82) is 0 Å². The predicted molar refractivity (Wildman–Crippen MR) is 67.3 cm³/mol. The molecule has 92 valence electrons. The number of benzene rings is 1. The summed E-state index contributed by atoms with van der Waals surface area (Å²) in [7, 11) is 0. The van der Waals surface area contributed by atoms with E-state index in [0.717, 1.165) is 29.7 Å². The maximum absolute atomic E-state index is 11.5. The van der Waals surface area contributed by atoms with Crippen LogP contribution in [-0.4, -0.2) is 18.6 Å². The molecule has 1 amide bonds. The Morgan fingerprint density at radius 2 is 1.88 bits per heavy atom. The molecule has 1 aromatic rings. The largest absolute Gasteiger partial charge is 0.483 e. The minimum absolute atomic E-state index is 0.0214. The lowest BCUT2D eigenvalue weighted by Crippen LogP contribution is -2.30. The number of aryl methyl sites for hydroxylation is 3. The van der Waals surface area contributed by atoms with Crippen LogP contribution in [0.5, 0.6) is 5.75 Å². The zero-order valence-electron chi connectivity index (χ0n) is 10.7. The minimum Gasteiger partial charge on any atom is -0.483 e. The molecule has 1 aromatic carbocycles. The molecular formula is C14H19NO2. The lowest BCUT2D eigenvalue weighted by molar-refractivity contribution is -0.123. The Morgan fingerprint density at radius 1 is 1.29 bits per heavy atom. The predicted octanol–water partition coefficient (Wildman–Crippen LogP) is 2.27. The van der Waals surface area contributed by atoms with Crippen molar-refractivity contribution in [1.82, 2.24) is 5.32 Å². The molecule has 3 heteroatoms. The number of hydrogen-bond donors (Lipinski definition) is 1. The van der Waals surface area contributed by atoms with E-state index in [-0.39, 0.29) is 12.5 Å². The summed E-state index contributed by atoms with van der Waals surface area (Å²) in [5.41, 5.74) is 3.39. The number of hydrogen-bond acceptors (Lipinski definition) is 2. The van der Waals surface area contributed by atoms with Gasteiger partial charge < -0.3 is 10.1 Å². The molecule has 0 spiro atoms. The first-order valence-electron chi connectivity index (χ1n) is 6.06. The highest BCUT2D eigenvalue weighted by molar-refractivity contribution is 5.78. The van der Waals surface area contributed by atoms with Crippen molar-refractivity contribution in [3.63, 3.8) is 0 Å². The minimum atomic E-state index is -0.0214. The van der Waals surface area contributed by atoms with Gasteiger partial charge in [0.15, 0.2) is 6.61 Å². The van der Waals surface area contributed by atoms with E-state index in [1.807, 2.05) is 13.8 Å². The molecular weight excluding hydrogens is 214 g/mol. The van der Waals surface area contributed by atoms with Gasteiger partial charge in [0, 0.05) is 6.04 Å². The van der Waals surface area contributed by atoms with E-state index in [0.29, 0.717) is 6.04 Å². The molecule has 1 N–H and O–H groups in total. The molecule has 0 saturated heterocycles. The molecule has 0 aromatic heterocycles. The van der Waals surface area contributed by atoms with Crippen molar-refractivity contribution in [3.05, 3.63) is 28.8 Å². The van der Waals surface area contributed by atoms with Crippen molar-refractivity contribution < 1.29 is 9.53 Å². The Bertz CT molecular complexity index is 413. The maximum Gasteiger partial charge on any atom is 0.258 e. The van der Waals surface area contributed by atoms with Crippen LogP contribution in [0.25, 0.3) is 0 Å². The third kappa shape index (κ3) is 3.22. The van der Waals surface area contributed by atoms with Crippen LogP contribution >= 0.6 is 0 Å². The standard InChI is InChI=1S/C14H19NO2/c1-9-6-10(2)14(11(3)7-9)17-8-13(16)15-12-4-5-12/h6-7,12H,4-5,8H2,1-3H3,(H,15,16). The first kappa shape index (κ1) is 12.0. The van der Waals surface area contributed by atoms with Crippen LogP contribution in [0.2, 0.25) is 0 Å². The number of carbonyl (C=O) groups is 1. The second kappa shape index (κ2) is 4.78. The van der Waals surface area contributed by atoms with Gasteiger partial charge in [-0.25, -0.2) is 0 Å². The fraction of sp³-hybridized carbons (Fsp3) is 0.500. The van der Waals surface area contributed by atoms with Crippen LogP contribution in [0.1, 0.15) is 29.5 Å². The highest BCUT2D eigenvalue weighted by atomic mass is 16.5. The molecule has 0 radical (unpaired) electrons. The Hall–Kier alpha value is -1.51. The lowest BCUT2D eigenvalue weighted by Gasteiger charge is -2.12. The number of nitrogens with one attached hydrogen (secondary N) is 1. The molecule has 0 heterocycles. The number of amides is 1. The SMILES string of the molecule is Cc1cc(C)c(OCC(=O)NC2CC2)c(C)c1. The number of carbonyl (C=O) groups excluding carboxylic acids is 1. The van der Waals surface area contributed by atoms with E-state index in [9.17, 15) is 4.79 Å². The van der Waals surface area contributed by atoms with Crippen LogP contribution in [0.4, 0.5) is 0 Å². The van der Waals surface area contributed by atoms with Gasteiger partial charge in [-0.3, -0.25) is 4.79 Å². The first-order chi connectivity index (χ1) is 8.06. The number of rotatable bonds is 4. The molecule has 0 unspecified atom stereocenters.